The molecule has 2 aromatic heterocycles. The second-order valence-electron chi connectivity index (χ2n) is 3.80. The summed E-state index contributed by atoms with van der Waals surface area (Å²) < 4.78 is 0. The number of aryl methyl sites for hydroxylation is 1. The molecule has 0 aliphatic rings. The summed E-state index contributed by atoms with van der Waals surface area (Å²) in [5.74, 6) is 0.923. The summed E-state index contributed by atoms with van der Waals surface area (Å²) >= 11 is 1.63. The number of aromatic nitrogens is 3. The SMILES string of the molecule is Cc1nc(-c2[nH]nc(N)c2C(C)C)cs1. The third-order valence-electron chi connectivity index (χ3n) is 2.29. The molecule has 0 bridgehead atoms. The van der Waals surface area contributed by atoms with E-state index in [4.69, 9.17) is 5.73 Å². The molecule has 0 atom stereocenters. The standard InChI is InChI=1S/C10H14N4S/c1-5(2)8-9(13-14-10(8)11)7-4-15-6(3)12-7/h4-5H,1-3H3,(H3,11,13,14). The Bertz CT molecular complexity index is 469. The minimum Gasteiger partial charge on any atom is -0.382 e. The van der Waals surface area contributed by atoms with E-state index in [1.54, 1.807) is 11.3 Å². The molecule has 0 aliphatic carbocycles. The van der Waals surface area contributed by atoms with Gasteiger partial charge in [0.25, 0.3) is 0 Å². The van der Waals surface area contributed by atoms with Gasteiger partial charge in [0, 0.05) is 10.9 Å². The van der Waals surface area contributed by atoms with Crippen LogP contribution in [0, 0.1) is 6.92 Å². The van der Waals surface area contributed by atoms with E-state index < -0.39 is 0 Å². The first-order chi connectivity index (χ1) is 7.09. The summed E-state index contributed by atoms with van der Waals surface area (Å²) in [6, 6.07) is 0. The molecule has 0 amide bonds. The minimum absolute atomic E-state index is 0.348. The lowest BCUT2D eigenvalue weighted by Gasteiger charge is -2.04. The van der Waals surface area contributed by atoms with Gasteiger partial charge >= 0.3 is 0 Å². The number of anilines is 1. The van der Waals surface area contributed by atoms with E-state index in [-0.39, 0.29) is 0 Å². The Morgan fingerprint density at radius 2 is 2.20 bits per heavy atom. The number of hydrogen-bond donors (Lipinski definition) is 2. The van der Waals surface area contributed by atoms with E-state index in [2.05, 4.69) is 29.0 Å². The zero-order valence-electron chi connectivity index (χ0n) is 9.03. The number of nitrogens with one attached hydrogen (secondary N) is 1. The maximum absolute atomic E-state index is 5.82. The fourth-order valence-corrected chi connectivity index (χ4v) is 2.23. The number of nitrogens with two attached hydrogens (primary N) is 1. The van der Waals surface area contributed by atoms with Gasteiger partial charge in [-0.1, -0.05) is 13.8 Å². The first-order valence-electron chi connectivity index (χ1n) is 4.85. The van der Waals surface area contributed by atoms with Crippen LogP contribution in [-0.2, 0) is 0 Å². The highest BCUT2D eigenvalue weighted by Gasteiger charge is 2.17. The average molecular weight is 222 g/mol. The molecule has 3 N–H and O–H groups in total. The van der Waals surface area contributed by atoms with Crippen LogP contribution in [0.15, 0.2) is 5.38 Å². The van der Waals surface area contributed by atoms with Crippen LogP contribution in [0.1, 0.15) is 30.3 Å². The van der Waals surface area contributed by atoms with E-state index in [1.165, 1.54) is 0 Å². The van der Waals surface area contributed by atoms with Gasteiger partial charge in [-0.3, -0.25) is 5.10 Å². The van der Waals surface area contributed by atoms with Crippen LogP contribution >= 0.6 is 11.3 Å². The molecule has 0 radical (unpaired) electrons. The fraction of sp³-hybridized carbons (Fsp3) is 0.400. The average Bonchev–Trinajstić information content (AvgIpc) is 2.71. The number of hydrogen-bond acceptors (Lipinski definition) is 4. The van der Waals surface area contributed by atoms with Crippen molar-refractivity contribution in [3.8, 4) is 11.4 Å². The number of H-pyrrole nitrogens is 1. The highest BCUT2D eigenvalue weighted by molar-refractivity contribution is 7.09. The van der Waals surface area contributed by atoms with E-state index in [9.17, 15) is 0 Å². The van der Waals surface area contributed by atoms with Gasteiger partial charge in [0.1, 0.15) is 5.82 Å². The monoisotopic (exact) mass is 222 g/mol. The van der Waals surface area contributed by atoms with Gasteiger partial charge in [-0.05, 0) is 12.8 Å². The molecule has 80 valence electrons. The van der Waals surface area contributed by atoms with Crippen molar-refractivity contribution in [2.45, 2.75) is 26.7 Å². The molecule has 0 unspecified atom stereocenters. The predicted octanol–water partition coefficient (Wildman–Crippen LogP) is 2.55. The zero-order valence-corrected chi connectivity index (χ0v) is 9.85. The van der Waals surface area contributed by atoms with E-state index in [0.29, 0.717) is 11.7 Å². The van der Waals surface area contributed by atoms with Crippen molar-refractivity contribution in [3.63, 3.8) is 0 Å². The Balaban J connectivity index is 2.53. The minimum atomic E-state index is 0.348. The quantitative estimate of drug-likeness (QED) is 0.820. The fourth-order valence-electron chi connectivity index (χ4n) is 1.62. The Morgan fingerprint density at radius 3 is 2.73 bits per heavy atom. The molecule has 2 aromatic rings. The highest BCUT2D eigenvalue weighted by Crippen LogP contribution is 2.31. The van der Waals surface area contributed by atoms with Gasteiger partial charge < -0.3 is 5.73 Å². The maximum Gasteiger partial charge on any atom is 0.149 e. The first-order valence-corrected chi connectivity index (χ1v) is 5.73. The summed E-state index contributed by atoms with van der Waals surface area (Å²) in [6.45, 7) is 6.19. The van der Waals surface area contributed by atoms with Gasteiger partial charge in [0.15, 0.2) is 0 Å². The third-order valence-corrected chi connectivity index (χ3v) is 3.06. The second kappa shape index (κ2) is 3.66. The molecule has 2 rings (SSSR count). The van der Waals surface area contributed by atoms with Gasteiger partial charge in [-0.2, -0.15) is 5.10 Å². The van der Waals surface area contributed by atoms with Gasteiger partial charge in [-0.15, -0.1) is 11.3 Å². The Hall–Kier alpha value is -1.36. The summed E-state index contributed by atoms with van der Waals surface area (Å²) in [5, 5.41) is 10.1. The smallest absolute Gasteiger partial charge is 0.149 e. The van der Waals surface area contributed by atoms with Crippen LogP contribution in [0.2, 0.25) is 0 Å². The molecule has 0 saturated carbocycles. The van der Waals surface area contributed by atoms with Gasteiger partial charge in [-0.25, -0.2) is 4.98 Å². The predicted molar refractivity (Wildman–Crippen MR) is 62.9 cm³/mol. The molecule has 4 nitrogen and oxygen atoms in total. The summed E-state index contributed by atoms with van der Waals surface area (Å²) in [6.07, 6.45) is 0. The van der Waals surface area contributed by atoms with Crippen molar-refractivity contribution in [1.29, 1.82) is 0 Å². The van der Waals surface area contributed by atoms with Crippen LogP contribution in [0.25, 0.3) is 11.4 Å². The lowest BCUT2D eigenvalue weighted by molar-refractivity contribution is 0.872. The van der Waals surface area contributed by atoms with Crippen LogP contribution in [0.3, 0.4) is 0 Å². The molecular formula is C10H14N4S. The molecule has 0 fully saturated rings. The number of nitrogen functional groups attached to an aromatic ring is 1. The van der Waals surface area contributed by atoms with Gasteiger partial charge in [0.05, 0.1) is 16.4 Å². The van der Waals surface area contributed by atoms with Gasteiger partial charge in [0.2, 0.25) is 0 Å². The lowest BCUT2D eigenvalue weighted by Crippen LogP contribution is -1.95. The van der Waals surface area contributed by atoms with Crippen molar-refractivity contribution in [3.05, 3.63) is 16.0 Å². The lowest BCUT2D eigenvalue weighted by atomic mass is 10.0. The van der Waals surface area contributed by atoms with Crippen molar-refractivity contribution >= 4 is 17.2 Å². The number of rotatable bonds is 2. The number of thiazole rings is 1. The molecule has 0 aromatic carbocycles. The summed E-state index contributed by atoms with van der Waals surface area (Å²) in [7, 11) is 0. The molecular weight excluding hydrogens is 208 g/mol. The molecule has 0 spiro atoms. The highest BCUT2D eigenvalue weighted by atomic mass is 32.1. The molecule has 0 aliphatic heterocycles. The molecule has 5 heteroatoms. The second-order valence-corrected chi connectivity index (χ2v) is 4.87. The normalized spacial score (nSPS) is 11.2. The molecule has 0 saturated heterocycles. The Kier molecular flexibility index (Phi) is 2.48. The maximum atomic E-state index is 5.82. The van der Waals surface area contributed by atoms with Crippen molar-refractivity contribution in [2.24, 2.45) is 0 Å². The van der Waals surface area contributed by atoms with Crippen molar-refractivity contribution < 1.29 is 0 Å². The van der Waals surface area contributed by atoms with E-state index in [1.807, 2.05) is 12.3 Å². The van der Waals surface area contributed by atoms with E-state index in [0.717, 1.165) is 22.0 Å². The van der Waals surface area contributed by atoms with E-state index >= 15 is 0 Å². The van der Waals surface area contributed by atoms with Crippen LogP contribution in [0.5, 0.6) is 0 Å². The molecule has 15 heavy (non-hydrogen) atoms. The van der Waals surface area contributed by atoms with Crippen molar-refractivity contribution in [1.82, 2.24) is 15.2 Å². The first kappa shape index (κ1) is 10.2. The topological polar surface area (TPSA) is 67.6 Å². The number of nitrogens with zero attached hydrogens (tertiary/aromatic N) is 2. The zero-order chi connectivity index (χ0) is 11.0. The largest absolute Gasteiger partial charge is 0.382 e. The molecule has 2 heterocycles. The number of aromatic amines is 1. The summed E-state index contributed by atoms with van der Waals surface area (Å²) in [5.41, 5.74) is 8.76. The van der Waals surface area contributed by atoms with Crippen LogP contribution in [-0.4, -0.2) is 15.2 Å². The Labute approximate surface area is 92.5 Å². The Morgan fingerprint density at radius 1 is 1.47 bits per heavy atom. The summed E-state index contributed by atoms with van der Waals surface area (Å²) in [4.78, 5) is 4.43. The third kappa shape index (κ3) is 1.74. The van der Waals surface area contributed by atoms with Crippen molar-refractivity contribution in [2.75, 3.05) is 5.73 Å². The van der Waals surface area contributed by atoms with Crippen LogP contribution < -0.4 is 5.73 Å². The van der Waals surface area contributed by atoms with Crippen LogP contribution in [0.4, 0.5) is 5.82 Å².